The Morgan fingerprint density at radius 3 is 1.85 bits per heavy atom. The highest BCUT2D eigenvalue weighted by atomic mass is 35.5. The lowest BCUT2D eigenvalue weighted by Crippen LogP contribution is -2.42. The van der Waals surface area contributed by atoms with Gasteiger partial charge in [0.25, 0.3) is 5.78 Å². The second kappa shape index (κ2) is 13.5. The molecule has 0 heterocycles. The molecule has 0 bridgehead atoms. The van der Waals surface area contributed by atoms with E-state index in [0.29, 0.717) is 16.5 Å². The third-order valence-electron chi connectivity index (χ3n) is 6.93. The molecule has 3 aromatic carbocycles. The fraction of sp³-hybridized carbons (Fsp3) is 0.333. The van der Waals surface area contributed by atoms with Crippen molar-refractivity contribution in [2.45, 2.75) is 50.4 Å². The van der Waals surface area contributed by atoms with Gasteiger partial charge in [-0.05, 0) is 86.4 Å². The summed E-state index contributed by atoms with van der Waals surface area (Å²) in [7, 11) is 2.04. The molecule has 0 fully saturated rings. The molecule has 40 heavy (non-hydrogen) atoms. The van der Waals surface area contributed by atoms with Gasteiger partial charge in [-0.3, -0.25) is 14.5 Å². The second-order valence-electron chi connectivity index (χ2n) is 9.66. The van der Waals surface area contributed by atoms with Crippen LogP contribution >= 0.6 is 23.2 Å². The normalized spacial score (nSPS) is 12.8. The Hall–Kier alpha value is -3.07. The number of halogens is 5. The van der Waals surface area contributed by atoms with Gasteiger partial charge in [-0.1, -0.05) is 59.6 Å². The molecule has 0 amide bonds. The molecule has 1 N–H and O–H groups in total. The zero-order valence-electron chi connectivity index (χ0n) is 22.1. The summed E-state index contributed by atoms with van der Waals surface area (Å²) in [6, 6.07) is 21.8. The number of aliphatic carboxylic acids is 1. The smallest absolute Gasteiger partial charge is 0.453 e. The van der Waals surface area contributed by atoms with Gasteiger partial charge in [-0.25, -0.2) is 0 Å². The number of hydrogen-bond donors (Lipinski definition) is 1. The number of nitrogens with zero attached hydrogens (tertiary/aromatic N) is 1. The van der Waals surface area contributed by atoms with Crippen molar-refractivity contribution in [2.24, 2.45) is 0 Å². The van der Waals surface area contributed by atoms with Crippen molar-refractivity contribution in [2.75, 3.05) is 13.6 Å². The quantitative estimate of drug-likeness (QED) is 0.221. The van der Waals surface area contributed by atoms with Gasteiger partial charge in [0.15, 0.2) is 6.10 Å². The standard InChI is InChI=1S/C30H30Cl2F3NO4/c1-29(21-7-11-23(31)12-8-21,22-9-13-24(32)14-10-22)36(2)19-3-4-20-5-15-25(16-6-20)40-26(17-18-27(37)38)28(39)30(33,34)35/h5-16,26H,3-4,17-19H2,1-2H3,(H,37,38). The number of carbonyl (C=O) groups is 2. The molecule has 1 atom stereocenters. The second-order valence-corrected chi connectivity index (χ2v) is 10.5. The molecular formula is C30H30Cl2F3NO4. The molecule has 3 rings (SSSR count). The van der Waals surface area contributed by atoms with Crippen molar-refractivity contribution < 1.29 is 32.6 Å². The first-order valence-electron chi connectivity index (χ1n) is 12.6. The first kappa shape index (κ1) is 31.5. The minimum atomic E-state index is -5.12. The minimum absolute atomic E-state index is 0.0620. The van der Waals surface area contributed by atoms with Crippen LogP contribution in [-0.4, -0.2) is 47.6 Å². The zero-order valence-corrected chi connectivity index (χ0v) is 23.6. The van der Waals surface area contributed by atoms with Gasteiger partial charge in [-0.2, -0.15) is 13.2 Å². The summed E-state index contributed by atoms with van der Waals surface area (Å²) in [4.78, 5) is 24.8. The van der Waals surface area contributed by atoms with Gasteiger partial charge in [0, 0.05) is 22.9 Å². The van der Waals surface area contributed by atoms with Crippen molar-refractivity contribution in [1.29, 1.82) is 0 Å². The fourth-order valence-electron chi connectivity index (χ4n) is 4.48. The summed E-state index contributed by atoms with van der Waals surface area (Å²) in [5.74, 6) is -3.36. The molecule has 0 saturated carbocycles. The van der Waals surface area contributed by atoms with Crippen molar-refractivity contribution in [1.82, 2.24) is 4.90 Å². The van der Waals surface area contributed by atoms with Gasteiger partial charge >= 0.3 is 12.1 Å². The number of benzene rings is 3. The molecule has 0 aliphatic heterocycles. The van der Waals surface area contributed by atoms with E-state index in [1.807, 2.05) is 55.6 Å². The maximum absolute atomic E-state index is 12.9. The summed E-state index contributed by atoms with van der Waals surface area (Å²) >= 11 is 12.3. The molecule has 3 aromatic rings. The Labute approximate surface area is 241 Å². The SMILES string of the molecule is CN(CCCc1ccc(OC(CCC(=O)O)C(=O)C(F)(F)F)cc1)C(C)(c1ccc(Cl)cc1)c1ccc(Cl)cc1. The maximum Gasteiger partial charge on any atom is 0.453 e. The number of ketones is 1. The molecule has 0 spiro atoms. The Kier molecular flexibility index (Phi) is 10.6. The highest BCUT2D eigenvalue weighted by Crippen LogP contribution is 2.36. The van der Waals surface area contributed by atoms with E-state index in [1.54, 1.807) is 12.1 Å². The predicted molar refractivity (Wildman–Crippen MR) is 149 cm³/mol. The number of alkyl halides is 3. The van der Waals surface area contributed by atoms with Crippen LogP contribution in [0.25, 0.3) is 0 Å². The number of hydrogen-bond acceptors (Lipinski definition) is 4. The van der Waals surface area contributed by atoms with Gasteiger partial charge in [0.05, 0.1) is 5.54 Å². The molecule has 0 aliphatic carbocycles. The lowest BCUT2D eigenvalue weighted by Gasteiger charge is -2.40. The van der Waals surface area contributed by atoms with E-state index in [1.165, 1.54) is 12.1 Å². The Morgan fingerprint density at radius 1 is 0.900 bits per heavy atom. The number of ether oxygens (including phenoxy) is 1. The van der Waals surface area contributed by atoms with Crippen molar-refractivity contribution >= 4 is 35.0 Å². The van der Waals surface area contributed by atoms with Crippen LogP contribution in [0.2, 0.25) is 10.0 Å². The Bertz CT molecular complexity index is 1230. The number of carboxylic acids is 1. The van der Waals surface area contributed by atoms with Crippen molar-refractivity contribution in [3.05, 3.63) is 99.5 Å². The van der Waals surface area contributed by atoms with E-state index in [4.69, 9.17) is 33.0 Å². The average molecular weight is 596 g/mol. The largest absolute Gasteiger partial charge is 0.482 e. The van der Waals surface area contributed by atoms with Crippen molar-refractivity contribution in [3.63, 3.8) is 0 Å². The Morgan fingerprint density at radius 2 is 1.40 bits per heavy atom. The van der Waals surface area contributed by atoms with E-state index >= 15 is 0 Å². The van der Waals surface area contributed by atoms with Gasteiger partial charge in [-0.15, -0.1) is 0 Å². The summed E-state index contributed by atoms with van der Waals surface area (Å²) in [6.45, 7) is 2.85. The van der Waals surface area contributed by atoms with Crippen LogP contribution in [0, 0.1) is 0 Å². The monoisotopic (exact) mass is 595 g/mol. The van der Waals surface area contributed by atoms with Crippen LogP contribution in [0.1, 0.15) is 42.9 Å². The number of carboxylic acid groups (broad SMARTS) is 1. The first-order valence-corrected chi connectivity index (χ1v) is 13.4. The van der Waals surface area contributed by atoms with E-state index < -0.39 is 42.4 Å². The van der Waals surface area contributed by atoms with Crippen LogP contribution in [0.5, 0.6) is 5.75 Å². The molecule has 10 heteroatoms. The highest BCUT2D eigenvalue weighted by molar-refractivity contribution is 6.30. The molecule has 0 aromatic heterocycles. The van der Waals surface area contributed by atoms with Gasteiger partial charge in [0.2, 0.25) is 0 Å². The number of rotatable bonds is 13. The van der Waals surface area contributed by atoms with Crippen LogP contribution in [0.15, 0.2) is 72.8 Å². The van der Waals surface area contributed by atoms with Crippen LogP contribution in [0.3, 0.4) is 0 Å². The van der Waals surface area contributed by atoms with Crippen molar-refractivity contribution in [3.8, 4) is 5.75 Å². The lowest BCUT2D eigenvalue weighted by atomic mass is 9.83. The summed E-state index contributed by atoms with van der Waals surface area (Å²) in [5, 5.41) is 10.1. The van der Waals surface area contributed by atoms with Gasteiger partial charge < -0.3 is 9.84 Å². The third-order valence-corrected chi connectivity index (χ3v) is 7.43. The first-order chi connectivity index (χ1) is 18.8. The Balaban J connectivity index is 1.67. The topological polar surface area (TPSA) is 66.8 Å². The van der Waals surface area contributed by atoms with E-state index in [2.05, 4.69) is 11.8 Å². The zero-order chi connectivity index (χ0) is 29.5. The highest BCUT2D eigenvalue weighted by Gasteiger charge is 2.44. The van der Waals surface area contributed by atoms with Crippen LogP contribution in [0.4, 0.5) is 13.2 Å². The third kappa shape index (κ3) is 8.22. The van der Waals surface area contributed by atoms with Gasteiger partial charge in [0.1, 0.15) is 5.75 Å². The van der Waals surface area contributed by atoms with E-state index in [0.717, 1.165) is 29.7 Å². The molecule has 0 radical (unpaired) electrons. The molecular weight excluding hydrogens is 566 g/mol. The lowest BCUT2D eigenvalue weighted by molar-refractivity contribution is -0.178. The molecule has 5 nitrogen and oxygen atoms in total. The predicted octanol–water partition coefficient (Wildman–Crippen LogP) is 7.57. The molecule has 214 valence electrons. The summed E-state index contributed by atoms with van der Waals surface area (Å²) < 4.78 is 44.1. The average Bonchev–Trinajstić information content (AvgIpc) is 2.91. The van der Waals surface area contributed by atoms with E-state index in [-0.39, 0.29) is 5.75 Å². The molecule has 0 aliphatic rings. The molecule has 0 saturated heterocycles. The van der Waals surface area contributed by atoms with Crippen LogP contribution in [-0.2, 0) is 21.5 Å². The number of Topliss-reactive ketones (excluding diaryl/α,β-unsaturated/α-hetero) is 1. The maximum atomic E-state index is 12.9. The minimum Gasteiger partial charge on any atom is -0.482 e. The van der Waals surface area contributed by atoms with Crippen LogP contribution < -0.4 is 4.74 Å². The summed E-state index contributed by atoms with van der Waals surface area (Å²) in [5.41, 5.74) is 2.59. The summed E-state index contributed by atoms with van der Waals surface area (Å²) in [6.07, 6.45) is -6.78. The molecule has 1 unspecified atom stereocenters. The number of aryl methyl sites for hydroxylation is 1. The fourth-order valence-corrected chi connectivity index (χ4v) is 4.73. The number of carbonyl (C=O) groups excluding carboxylic acids is 1. The van der Waals surface area contributed by atoms with E-state index in [9.17, 15) is 22.8 Å².